The van der Waals surface area contributed by atoms with Crippen LogP contribution in [0.2, 0.25) is 0 Å². The van der Waals surface area contributed by atoms with Crippen molar-refractivity contribution in [3.05, 3.63) is 52.6 Å². The van der Waals surface area contributed by atoms with Gasteiger partial charge in [0.1, 0.15) is 0 Å². The molecule has 27 heavy (non-hydrogen) atoms. The zero-order valence-electron chi connectivity index (χ0n) is 16.5. The zero-order valence-corrected chi connectivity index (χ0v) is 16.5. The molecule has 0 aliphatic heterocycles. The highest BCUT2D eigenvalue weighted by atomic mass is 16.6. The van der Waals surface area contributed by atoms with Crippen LogP contribution in [0.15, 0.2) is 36.9 Å². The van der Waals surface area contributed by atoms with E-state index in [2.05, 4.69) is 18.8 Å². The predicted octanol–water partition coefficient (Wildman–Crippen LogP) is 5.93. The van der Waals surface area contributed by atoms with E-state index in [1.54, 1.807) is 12.1 Å². The van der Waals surface area contributed by atoms with Gasteiger partial charge in [-0.1, -0.05) is 70.1 Å². The van der Waals surface area contributed by atoms with Crippen LogP contribution in [-0.2, 0) is 4.74 Å². The van der Waals surface area contributed by atoms with Gasteiger partial charge in [0.25, 0.3) is 5.69 Å². The van der Waals surface area contributed by atoms with Gasteiger partial charge in [0.05, 0.1) is 18.1 Å². The number of benzene rings is 1. The minimum absolute atomic E-state index is 0.0257. The summed E-state index contributed by atoms with van der Waals surface area (Å²) in [5, 5.41) is 13.7. The van der Waals surface area contributed by atoms with Gasteiger partial charge in [-0.15, -0.1) is 6.58 Å². The average Bonchev–Trinajstić information content (AvgIpc) is 2.68. The third-order valence-corrected chi connectivity index (χ3v) is 4.79. The molecule has 0 spiro atoms. The van der Waals surface area contributed by atoms with Gasteiger partial charge in [-0.3, -0.25) is 10.1 Å². The van der Waals surface area contributed by atoms with Crippen molar-refractivity contribution in [2.75, 3.05) is 7.11 Å². The number of alkyl carbamates (subject to hydrolysis) is 1. The molecule has 0 saturated heterocycles. The maximum absolute atomic E-state index is 11.8. The summed E-state index contributed by atoms with van der Waals surface area (Å²) in [5.74, 6) is 0.0289. The fourth-order valence-corrected chi connectivity index (χ4v) is 3.18. The number of nitro groups is 1. The quantitative estimate of drug-likeness (QED) is 0.200. The lowest BCUT2D eigenvalue weighted by Gasteiger charge is -2.25. The van der Waals surface area contributed by atoms with E-state index >= 15 is 0 Å². The van der Waals surface area contributed by atoms with E-state index in [0.717, 1.165) is 24.8 Å². The highest BCUT2D eigenvalue weighted by Gasteiger charge is 2.23. The molecule has 1 N–H and O–H groups in total. The third-order valence-electron chi connectivity index (χ3n) is 4.79. The van der Waals surface area contributed by atoms with Crippen molar-refractivity contribution in [3.63, 3.8) is 0 Å². The molecule has 1 amide bonds. The number of carbonyl (C=O) groups is 1. The maximum Gasteiger partial charge on any atom is 0.407 e. The molecule has 1 aromatic rings. The Morgan fingerprint density at radius 3 is 2.30 bits per heavy atom. The molecule has 0 heterocycles. The van der Waals surface area contributed by atoms with Crippen molar-refractivity contribution in [2.24, 2.45) is 5.92 Å². The normalized spacial score (nSPS) is 12.8. The molecule has 0 saturated carbocycles. The van der Waals surface area contributed by atoms with Gasteiger partial charge >= 0.3 is 6.09 Å². The summed E-state index contributed by atoms with van der Waals surface area (Å²) in [6.45, 7) is 6.14. The summed E-state index contributed by atoms with van der Waals surface area (Å²) in [6.07, 6.45) is 10.7. The predicted molar refractivity (Wildman–Crippen MR) is 108 cm³/mol. The Labute approximate surface area is 162 Å². The number of nitro benzene ring substituents is 1. The summed E-state index contributed by atoms with van der Waals surface area (Å²) in [5.41, 5.74) is 0.830. The van der Waals surface area contributed by atoms with Gasteiger partial charge in [0.15, 0.2) is 0 Å². The third kappa shape index (κ3) is 8.24. The molecule has 6 heteroatoms. The van der Waals surface area contributed by atoms with E-state index in [1.807, 2.05) is 6.08 Å². The van der Waals surface area contributed by atoms with Crippen molar-refractivity contribution >= 4 is 11.8 Å². The standard InChI is InChI=1S/C21H32N2O4/c1-4-6-7-8-9-10-11-12-17(5-2)20(22-21(24)27-3)18-13-15-19(16-14-18)23(25)26/h5,13-17,20H,2,4,6-12H2,1,3H3,(H,22,24). The van der Waals surface area contributed by atoms with Crippen LogP contribution < -0.4 is 5.32 Å². The fraction of sp³-hybridized carbons (Fsp3) is 0.571. The lowest BCUT2D eigenvalue weighted by atomic mass is 9.88. The summed E-state index contributed by atoms with van der Waals surface area (Å²) in [4.78, 5) is 22.2. The first-order valence-electron chi connectivity index (χ1n) is 9.74. The molecular formula is C21H32N2O4. The first kappa shape index (κ1) is 22.7. The summed E-state index contributed by atoms with van der Waals surface area (Å²) < 4.78 is 4.75. The van der Waals surface area contributed by atoms with E-state index in [1.165, 1.54) is 51.3 Å². The Morgan fingerprint density at radius 1 is 1.19 bits per heavy atom. The van der Waals surface area contributed by atoms with Crippen LogP contribution in [0.3, 0.4) is 0 Å². The van der Waals surface area contributed by atoms with Gasteiger partial charge in [-0.25, -0.2) is 4.79 Å². The number of ether oxygens (including phenoxy) is 1. The lowest BCUT2D eigenvalue weighted by Crippen LogP contribution is -2.32. The summed E-state index contributed by atoms with van der Waals surface area (Å²) >= 11 is 0. The molecule has 1 rings (SSSR count). The molecule has 0 bridgehead atoms. The van der Waals surface area contributed by atoms with Crippen LogP contribution in [0.25, 0.3) is 0 Å². The van der Waals surface area contributed by atoms with Crippen molar-refractivity contribution in [2.45, 2.75) is 64.3 Å². The summed E-state index contributed by atoms with van der Waals surface area (Å²) in [7, 11) is 1.32. The van der Waals surface area contributed by atoms with Gasteiger partial charge in [-0.2, -0.15) is 0 Å². The van der Waals surface area contributed by atoms with E-state index < -0.39 is 11.0 Å². The molecule has 150 valence electrons. The average molecular weight is 376 g/mol. The Kier molecular flexibility index (Phi) is 10.8. The number of rotatable bonds is 13. The van der Waals surface area contributed by atoms with Crippen LogP contribution in [0.5, 0.6) is 0 Å². The maximum atomic E-state index is 11.8. The Bertz CT molecular complexity index is 586. The number of amides is 1. The number of methoxy groups -OCH3 is 1. The Hall–Kier alpha value is -2.37. The second-order valence-corrected chi connectivity index (χ2v) is 6.77. The fourth-order valence-electron chi connectivity index (χ4n) is 3.18. The van der Waals surface area contributed by atoms with E-state index in [-0.39, 0.29) is 17.6 Å². The zero-order chi connectivity index (χ0) is 20.1. The minimum Gasteiger partial charge on any atom is -0.453 e. The molecule has 0 aliphatic rings. The molecule has 0 fully saturated rings. The number of unbranched alkanes of at least 4 members (excludes halogenated alkanes) is 6. The van der Waals surface area contributed by atoms with Gasteiger partial charge in [-0.05, 0) is 12.0 Å². The van der Waals surface area contributed by atoms with Crippen LogP contribution in [0, 0.1) is 16.0 Å². The first-order valence-corrected chi connectivity index (χ1v) is 9.74. The highest BCUT2D eigenvalue weighted by Crippen LogP contribution is 2.29. The van der Waals surface area contributed by atoms with Crippen molar-refractivity contribution < 1.29 is 14.5 Å². The first-order chi connectivity index (χ1) is 13.0. The largest absolute Gasteiger partial charge is 0.453 e. The van der Waals surface area contributed by atoms with E-state index in [0.29, 0.717) is 0 Å². The number of hydrogen-bond donors (Lipinski definition) is 1. The van der Waals surface area contributed by atoms with Crippen LogP contribution in [0.1, 0.15) is 69.9 Å². The second-order valence-electron chi connectivity index (χ2n) is 6.77. The van der Waals surface area contributed by atoms with Crippen molar-refractivity contribution in [3.8, 4) is 0 Å². The number of non-ortho nitro benzene ring substituents is 1. The number of nitrogens with zero attached hydrogens (tertiary/aromatic N) is 1. The molecule has 2 atom stereocenters. The highest BCUT2D eigenvalue weighted by molar-refractivity contribution is 5.67. The second kappa shape index (κ2) is 12.9. The number of nitrogens with one attached hydrogen (secondary N) is 1. The van der Waals surface area contributed by atoms with Crippen molar-refractivity contribution in [1.29, 1.82) is 0 Å². The number of hydrogen-bond acceptors (Lipinski definition) is 4. The topological polar surface area (TPSA) is 81.5 Å². The molecule has 2 unspecified atom stereocenters. The molecule has 0 radical (unpaired) electrons. The molecule has 6 nitrogen and oxygen atoms in total. The molecular weight excluding hydrogens is 344 g/mol. The van der Waals surface area contributed by atoms with Gasteiger partial charge in [0.2, 0.25) is 0 Å². The van der Waals surface area contributed by atoms with E-state index in [4.69, 9.17) is 4.74 Å². The molecule has 1 aromatic carbocycles. The lowest BCUT2D eigenvalue weighted by molar-refractivity contribution is -0.384. The Balaban J connectivity index is 2.73. The molecule has 0 aromatic heterocycles. The molecule has 0 aliphatic carbocycles. The van der Waals surface area contributed by atoms with Crippen LogP contribution >= 0.6 is 0 Å². The van der Waals surface area contributed by atoms with Crippen LogP contribution in [-0.4, -0.2) is 18.1 Å². The number of carbonyl (C=O) groups excluding carboxylic acids is 1. The smallest absolute Gasteiger partial charge is 0.407 e. The van der Waals surface area contributed by atoms with E-state index in [9.17, 15) is 14.9 Å². The SMILES string of the molecule is C=CC(CCCCCCCCC)C(NC(=O)OC)c1ccc([N+](=O)[O-])cc1. The van der Waals surface area contributed by atoms with Gasteiger partial charge < -0.3 is 10.1 Å². The minimum atomic E-state index is -0.523. The summed E-state index contributed by atoms with van der Waals surface area (Å²) in [6, 6.07) is 5.94. The van der Waals surface area contributed by atoms with Crippen molar-refractivity contribution in [1.82, 2.24) is 5.32 Å². The van der Waals surface area contributed by atoms with Crippen LogP contribution in [0.4, 0.5) is 10.5 Å². The Morgan fingerprint density at radius 2 is 1.78 bits per heavy atom. The monoisotopic (exact) mass is 376 g/mol. The van der Waals surface area contributed by atoms with Gasteiger partial charge in [0, 0.05) is 18.1 Å².